The second-order valence-electron chi connectivity index (χ2n) is 5.99. The van der Waals surface area contributed by atoms with E-state index in [1.54, 1.807) is 19.3 Å². The van der Waals surface area contributed by atoms with Crippen molar-refractivity contribution in [3.05, 3.63) is 57.7 Å². The number of hydrogen-bond acceptors (Lipinski definition) is 4. The summed E-state index contributed by atoms with van der Waals surface area (Å²) in [7, 11) is 1.63. The summed E-state index contributed by atoms with van der Waals surface area (Å²) in [6.07, 6.45) is 3.12. The molecule has 7 nitrogen and oxygen atoms in total. The fourth-order valence-corrected chi connectivity index (χ4v) is 2.83. The number of amides is 1. The molecule has 0 unspecified atom stereocenters. The van der Waals surface area contributed by atoms with Crippen molar-refractivity contribution < 1.29 is 9.90 Å². The van der Waals surface area contributed by atoms with Crippen molar-refractivity contribution in [2.75, 3.05) is 6.54 Å². The topological polar surface area (TPSA) is 88.6 Å². The number of nitrogens with zero attached hydrogens (tertiary/aromatic N) is 3. The van der Waals surface area contributed by atoms with E-state index in [1.807, 2.05) is 25.1 Å². The molecule has 1 aromatic carbocycles. The monoisotopic (exact) mass is 374 g/mol. The number of carbonyl (C=O) groups excluding carboxylic acids is 1. The van der Waals surface area contributed by atoms with Gasteiger partial charge in [0.15, 0.2) is 0 Å². The van der Waals surface area contributed by atoms with Crippen LogP contribution in [0.4, 0.5) is 0 Å². The molecule has 3 rings (SSSR count). The minimum Gasteiger partial charge on any atom is -0.391 e. The van der Waals surface area contributed by atoms with Crippen molar-refractivity contribution in [2.45, 2.75) is 19.4 Å². The van der Waals surface area contributed by atoms with E-state index in [1.165, 1.54) is 15.2 Å². The number of halogens is 1. The summed E-state index contributed by atoms with van der Waals surface area (Å²) in [6, 6.07) is 7.21. The maximum Gasteiger partial charge on any atom is 0.294 e. The molecule has 8 heteroatoms. The van der Waals surface area contributed by atoms with Gasteiger partial charge in [0.2, 0.25) is 5.65 Å². The number of aliphatic hydroxyl groups excluding tert-OH is 1. The van der Waals surface area contributed by atoms with E-state index < -0.39 is 12.0 Å². The predicted molar refractivity (Wildman–Crippen MR) is 99.5 cm³/mol. The van der Waals surface area contributed by atoms with Gasteiger partial charge >= 0.3 is 0 Å². The Balaban J connectivity index is 2.03. The van der Waals surface area contributed by atoms with Gasteiger partial charge in [0, 0.05) is 36.6 Å². The second kappa shape index (κ2) is 7.31. The van der Waals surface area contributed by atoms with Crippen LogP contribution >= 0.6 is 11.6 Å². The number of aliphatic hydroxyl groups is 1. The zero-order valence-electron chi connectivity index (χ0n) is 14.4. The number of fused-ring (bicyclic) bond motifs is 1. The van der Waals surface area contributed by atoms with Gasteiger partial charge in [-0.25, -0.2) is 4.98 Å². The van der Waals surface area contributed by atoms with Crippen LogP contribution in [-0.2, 0) is 7.05 Å². The molecular weight excluding hydrogens is 356 g/mol. The van der Waals surface area contributed by atoms with Crippen molar-refractivity contribution in [2.24, 2.45) is 7.05 Å². The van der Waals surface area contributed by atoms with Crippen LogP contribution < -0.4 is 10.9 Å². The Morgan fingerprint density at radius 1 is 1.35 bits per heavy atom. The molecule has 0 fully saturated rings. The fourth-order valence-electron chi connectivity index (χ4n) is 2.60. The highest BCUT2D eigenvalue weighted by Gasteiger charge is 2.17. The zero-order chi connectivity index (χ0) is 18.8. The lowest BCUT2D eigenvalue weighted by molar-refractivity contribution is 0.0909. The standard InChI is InChI=1S/C18H19ClN4O3/c1-3-11(24)8-20-17(25)14-9-23-10-15(12-6-4-5-7-13(12)19)22(2)18(26)16(23)21-14/h4-7,9-11,24H,3,8H2,1-2H3,(H,20,25)/t11-/m1/s1. The van der Waals surface area contributed by atoms with Crippen LogP contribution in [0.5, 0.6) is 0 Å². The molecule has 0 aliphatic carbocycles. The first-order chi connectivity index (χ1) is 12.4. The van der Waals surface area contributed by atoms with Gasteiger partial charge in [-0.3, -0.25) is 14.0 Å². The van der Waals surface area contributed by atoms with Gasteiger partial charge in [-0.05, 0) is 12.5 Å². The van der Waals surface area contributed by atoms with Crippen LogP contribution in [0.3, 0.4) is 0 Å². The van der Waals surface area contributed by atoms with Crippen LogP contribution in [0.2, 0.25) is 5.02 Å². The van der Waals surface area contributed by atoms with Crippen molar-refractivity contribution in [1.29, 1.82) is 0 Å². The first kappa shape index (κ1) is 18.2. The molecule has 0 saturated carbocycles. The Hall–Kier alpha value is -2.64. The Morgan fingerprint density at radius 2 is 2.08 bits per heavy atom. The van der Waals surface area contributed by atoms with E-state index in [-0.39, 0.29) is 23.4 Å². The molecule has 3 aromatic rings. The summed E-state index contributed by atoms with van der Waals surface area (Å²) < 4.78 is 2.97. The molecule has 0 aliphatic rings. The van der Waals surface area contributed by atoms with Crippen LogP contribution in [0, 0.1) is 0 Å². The molecule has 0 aliphatic heterocycles. The summed E-state index contributed by atoms with van der Waals surface area (Å²) >= 11 is 6.25. The number of carbonyl (C=O) groups is 1. The van der Waals surface area contributed by atoms with Crippen LogP contribution in [-0.4, -0.2) is 37.6 Å². The Bertz CT molecular complexity index is 1020. The van der Waals surface area contributed by atoms with Crippen molar-refractivity contribution in [1.82, 2.24) is 19.3 Å². The highest BCUT2D eigenvalue weighted by atomic mass is 35.5. The molecule has 1 atom stereocenters. The molecule has 2 heterocycles. The number of aromatic nitrogens is 3. The van der Waals surface area contributed by atoms with Gasteiger partial charge in [-0.2, -0.15) is 0 Å². The van der Waals surface area contributed by atoms with Gasteiger partial charge in [0.05, 0.1) is 11.8 Å². The molecule has 0 spiro atoms. The highest BCUT2D eigenvalue weighted by Crippen LogP contribution is 2.26. The summed E-state index contributed by atoms with van der Waals surface area (Å²) in [5, 5.41) is 12.7. The molecule has 0 saturated heterocycles. The molecule has 26 heavy (non-hydrogen) atoms. The molecule has 0 bridgehead atoms. The summed E-state index contributed by atoms with van der Waals surface area (Å²) in [5.41, 5.74) is 1.24. The van der Waals surface area contributed by atoms with Crippen molar-refractivity contribution in [3.63, 3.8) is 0 Å². The maximum absolute atomic E-state index is 12.6. The van der Waals surface area contributed by atoms with Crippen LogP contribution in [0.15, 0.2) is 41.5 Å². The third kappa shape index (κ3) is 3.36. The second-order valence-corrected chi connectivity index (χ2v) is 6.39. The number of hydrogen-bond donors (Lipinski definition) is 2. The van der Waals surface area contributed by atoms with Gasteiger partial charge in [0.25, 0.3) is 11.5 Å². The van der Waals surface area contributed by atoms with E-state index >= 15 is 0 Å². The fraction of sp³-hybridized carbons (Fsp3) is 0.278. The number of imidazole rings is 1. The Kier molecular flexibility index (Phi) is 5.11. The normalized spacial score (nSPS) is 12.3. The molecule has 0 radical (unpaired) electrons. The first-order valence-corrected chi connectivity index (χ1v) is 8.60. The SMILES string of the molecule is CC[C@@H](O)CNC(=O)c1cn2cc(-c3ccccc3Cl)n(C)c(=O)c2n1. The van der Waals surface area contributed by atoms with E-state index in [4.69, 9.17) is 11.6 Å². The Labute approximate surface area is 154 Å². The third-order valence-corrected chi connectivity index (χ3v) is 4.53. The smallest absolute Gasteiger partial charge is 0.294 e. The molecule has 2 aromatic heterocycles. The molecule has 2 N–H and O–H groups in total. The van der Waals surface area contributed by atoms with E-state index in [9.17, 15) is 14.7 Å². The van der Waals surface area contributed by atoms with Gasteiger partial charge < -0.3 is 15.0 Å². The van der Waals surface area contributed by atoms with Crippen molar-refractivity contribution in [3.8, 4) is 11.3 Å². The summed E-state index contributed by atoms with van der Waals surface area (Å²) in [4.78, 5) is 29.0. The van der Waals surface area contributed by atoms with Crippen LogP contribution in [0.25, 0.3) is 16.9 Å². The summed E-state index contributed by atoms with van der Waals surface area (Å²) in [6.45, 7) is 1.95. The molecular formula is C18H19ClN4O3. The first-order valence-electron chi connectivity index (χ1n) is 8.22. The van der Waals surface area contributed by atoms with Crippen molar-refractivity contribution >= 4 is 23.2 Å². The van der Waals surface area contributed by atoms with Crippen LogP contribution in [0.1, 0.15) is 23.8 Å². The van der Waals surface area contributed by atoms with E-state index in [2.05, 4.69) is 10.3 Å². The largest absolute Gasteiger partial charge is 0.391 e. The number of nitrogens with one attached hydrogen (secondary N) is 1. The van der Waals surface area contributed by atoms with Gasteiger partial charge in [-0.1, -0.05) is 36.7 Å². The Morgan fingerprint density at radius 3 is 2.77 bits per heavy atom. The number of benzene rings is 1. The lowest BCUT2D eigenvalue weighted by atomic mass is 10.1. The quantitative estimate of drug-likeness (QED) is 0.713. The minimum absolute atomic E-state index is 0.113. The highest BCUT2D eigenvalue weighted by molar-refractivity contribution is 6.33. The lowest BCUT2D eigenvalue weighted by Crippen LogP contribution is -2.31. The van der Waals surface area contributed by atoms with Gasteiger partial charge in [0.1, 0.15) is 5.69 Å². The lowest BCUT2D eigenvalue weighted by Gasteiger charge is -2.10. The maximum atomic E-state index is 12.6. The number of rotatable bonds is 5. The van der Waals surface area contributed by atoms with E-state index in [0.717, 1.165) is 0 Å². The molecule has 1 amide bonds. The predicted octanol–water partition coefficient (Wildman–Crippen LogP) is 1.85. The average Bonchev–Trinajstić information content (AvgIpc) is 3.07. The zero-order valence-corrected chi connectivity index (χ0v) is 15.2. The summed E-state index contributed by atoms with van der Waals surface area (Å²) in [5.74, 6) is -0.442. The minimum atomic E-state index is -0.615. The average molecular weight is 375 g/mol. The third-order valence-electron chi connectivity index (χ3n) is 4.20. The molecule has 136 valence electrons. The van der Waals surface area contributed by atoms with E-state index in [0.29, 0.717) is 22.7 Å². The van der Waals surface area contributed by atoms with Gasteiger partial charge in [-0.15, -0.1) is 0 Å².